The second kappa shape index (κ2) is 18.8. The first-order valence-electron chi connectivity index (χ1n) is 22.2. The predicted molar refractivity (Wildman–Crippen MR) is 240 cm³/mol. The number of anilines is 1. The first-order chi connectivity index (χ1) is 29.9. The van der Waals surface area contributed by atoms with Crippen LogP contribution in [0.1, 0.15) is 98.8 Å². The van der Waals surface area contributed by atoms with E-state index in [0.29, 0.717) is 72.4 Å². The van der Waals surface area contributed by atoms with Crippen molar-refractivity contribution in [2.45, 2.75) is 135 Å². The Hall–Kier alpha value is -4.75. The molecule has 0 radical (unpaired) electrons. The van der Waals surface area contributed by atoms with E-state index in [0.717, 1.165) is 30.8 Å². The average Bonchev–Trinajstić information content (AvgIpc) is 3.49. The number of sulfonamides is 1. The van der Waals surface area contributed by atoms with Crippen molar-refractivity contribution in [3.05, 3.63) is 29.6 Å². The first kappa shape index (κ1) is 46.2. The number of benzene rings is 1. The summed E-state index contributed by atoms with van der Waals surface area (Å²) in [7, 11) is -1.86. The normalized spacial score (nSPS) is 26.2. The molecule has 4 aliphatic rings. The molecule has 1 aliphatic carbocycles. The van der Waals surface area contributed by atoms with Gasteiger partial charge < -0.3 is 40.7 Å². The molecule has 3 saturated heterocycles. The van der Waals surface area contributed by atoms with E-state index in [9.17, 15) is 32.7 Å². The molecule has 3 aromatic rings. The SMILES string of the molecule is COc1ccc2c(O[C@@H]3C[C@H]4C(=O)N[C@]5(C(=O)O)CC5CCCCCCC[C@H](NC(=O)NC(CN5CCCS5(=O)=O)C(C)(C)C)C(=O)N4C3)cc(-c3csc(NC(C)C)n3)nc2c1. The number of amides is 4. The molecule has 19 heteroatoms. The molecule has 344 valence electrons. The number of aromatic nitrogens is 2. The van der Waals surface area contributed by atoms with Gasteiger partial charge in [0.1, 0.15) is 40.9 Å². The zero-order valence-electron chi connectivity index (χ0n) is 37.1. The Bertz CT molecular complexity index is 2300. The molecule has 1 aromatic carbocycles. The molecule has 4 fully saturated rings. The summed E-state index contributed by atoms with van der Waals surface area (Å²) >= 11 is 1.45. The summed E-state index contributed by atoms with van der Waals surface area (Å²) in [6, 6.07) is 4.06. The number of nitrogens with zero attached hydrogens (tertiary/aromatic N) is 4. The minimum atomic E-state index is -3.43. The monoisotopic (exact) mass is 910 g/mol. The van der Waals surface area contributed by atoms with Gasteiger partial charge in [0.15, 0.2) is 5.13 Å². The van der Waals surface area contributed by atoms with Gasteiger partial charge in [-0.1, -0.05) is 52.9 Å². The van der Waals surface area contributed by atoms with Crippen LogP contribution in [0.3, 0.4) is 0 Å². The largest absolute Gasteiger partial charge is 0.497 e. The fourth-order valence-electron chi connectivity index (χ4n) is 8.96. The van der Waals surface area contributed by atoms with Crippen molar-refractivity contribution in [3.63, 3.8) is 0 Å². The van der Waals surface area contributed by atoms with Gasteiger partial charge in [-0.25, -0.2) is 28.0 Å². The number of rotatable bonds is 11. The van der Waals surface area contributed by atoms with Gasteiger partial charge in [-0.15, -0.1) is 11.3 Å². The quantitative estimate of drug-likeness (QED) is 0.164. The number of carbonyl (C=O) groups excluding carboxylic acids is 3. The average molecular weight is 911 g/mol. The molecular weight excluding hydrogens is 849 g/mol. The highest BCUT2D eigenvalue weighted by Gasteiger charge is 2.62. The molecule has 63 heavy (non-hydrogen) atoms. The van der Waals surface area contributed by atoms with E-state index in [1.54, 1.807) is 25.3 Å². The Balaban J connectivity index is 1.19. The summed E-state index contributed by atoms with van der Waals surface area (Å²) in [5.41, 5.74) is -0.176. The summed E-state index contributed by atoms with van der Waals surface area (Å²) in [5.74, 6) is -1.28. The number of ether oxygens (including phenoxy) is 2. The third-order valence-electron chi connectivity index (χ3n) is 12.7. The number of fused-ring (bicyclic) bond motifs is 3. The Labute approximate surface area is 373 Å². The number of carboxylic acids is 1. The molecule has 17 nitrogen and oxygen atoms in total. The molecule has 0 spiro atoms. The maximum absolute atomic E-state index is 14.9. The Morgan fingerprint density at radius 1 is 1.05 bits per heavy atom. The molecule has 4 amide bonds. The Morgan fingerprint density at radius 2 is 1.79 bits per heavy atom. The van der Waals surface area contributed by atoms with Gasteiger partial charge in [-0.2, -0.15) is 4.31 Å². The Morgan fingerprint density at radius 3 is 2.48 bits per heavy atom. The lowest BCUT2D eigenvalue weighted by molar-refractivity contribution is -0.145. The van der Waals surface area contributed by atoms with Crippen molar-refractivity contribution in [1.29, 1.82) is 0 Å². The minimum Gasteiger partial charge on any atom is -0.497 e. The van der Waals surface area contributed by atoms with Gasteiger partial charge in [0.25, 0.3) is 0 Å². The van der Waals surface area contributed by atoms with Crippen LogP contribution in [0.15, 0.2) is 29.6 Å². The highest BCUT2D eigenvalue weighted by atomic mass is 32.2. The lowest BCUT2D eigenvalue weighted by Gasteiger charge is -2.35. The highest BCUT2D eigenvalue weighted by molar-refractivity contribution is 7.89. The first-order valence-corrected chi connectivity index (χ1v) is 24.6. The molecule has 2 aromatic heterocycles. The van der Waals surface area contributed by atoms with Crippen LogP contribution >= 0.6 is 11.3 Å². The van der Waals surface area contributed by atoms with Gasteiger partial charge in [-0.05, 0) is 63.0 Å². The van der Waals surface area contributed by atoms with Crippen LogP contribution in [-0.2, 0) is 24.4 Å². The minimum absolute atomic E-state index is 0.0217. The zero-order valence-corrected chi connectivity index (χ0v) is 38.7. The van der Waals surface area contributed by atoms with Gasteiger partial charge >= 0.3 is 12.0 Å². The lowest BCUT2D eigenvalue weighted by Crippen LogP contribution is -2.59. The fraction of sp³-hybridized carbons (Fsp3) is 0.636. The van der Waals surface area contributed by atoms with E-state index in [1.807, 2.05) is 46.1 Å². The van der Waals surface area contributed by atoms with Gasteiger partial charge in [-0.3, -0.25) is 9.59 Å². The number of aliphatic carboxylic acids is 1. The number of pyridine rings is 1. The molecule has 5 N–H and O–H groups in total. The summed E-state index contributed by atoms with van der Waals surface area (Å²) in [5, 5.41) is 25.8. The molecule has 1 saturated carbocycles. The van der Waals surface area contributed by atoms with Crippen molar-refractivity contribution >= 4 is 61.2 Å². The number of thiazole rings is 1. The van der Waals surface area contributed by atoms with Crippen molar-refractivity contribution in [1.82, 2.24) is 35.1 Å². The highest BCUT2D eigenvalue weighted by Crippen LogP contribution is 2.48. The maximum atomic E-state index is 14.9. The zero-order chi connectivity index (χ0) is 45.3. The summed E-state index contributed by atoms with van der Waals surface area (Å²) < 4.78 is 39.2. The van der Waals surface area contributed by atoms with Gasteiger partial charge in [0.05, 0.1) is 30.6 Å². The molecule has 6 atom stereocenters. The molecular formula is C44H62N8O9S2. The second-order valence-corrected chi connectivity index (χ2v) is 21.8. The number of methoxy groups -OCH3 is 1. The third kappa shape index (κ3) is 10.6. The summed E-state index contributed by atoms with van der Waals surface area (Å²) in [6.07, 6.45) is 5.12. The van der Waals surface area contributed by atoms with Gasteiger partial charge in [0, 0.05) is 54.5 Å². The molecule has 3 aliphatic heterocycles. The van der Waals surface area contributed by atoms with Crippen LogP contribution in [0.25, 0.3) is 22.3 Å². The van der Waals surface area contributed by atoms with E-state index in [-0.39, 0.29) is 37.2 Å². The molecule has 7 rings (SSSR count). The smallest absolute Gasteiger partial charge is 0.329 e. The number of urea groups is 1. The summed E-state index contributed by atoms with van der Waals surface area (Å²) in [6.45, 7) is 10.3. The van der Waals surface area contributed by atoms with E-state index in [1.165, 1.54) is 20.5 Å². The summed E-state index contributed by atoms with van der Waals surface area (Å²) in [4.78, 5) is 67.1. The lowest BCUT2D eigenvalue weighted by atomic mass is 9.86. The van der Waals surface area contributed by atoms with Gasteiger partial charge in [0.2, 0.25) is 21.8 Å². The topological polar surface area (TPSA) is 221 Å². The van der Waals surface area contributed by atoms with E-state index >= 15 is 0 Å². The molecule has 0 bridgehead atoms. The number of carboxylic acid groups (broad SMARTS) is 1. The maximum Gasteiger partial charge on any atom is 0.329 e. The van der Waals surface area contributed by atoms with E-state index < -0.39 is 69.0 Å². The van der Waals surface area contributed by atoms with Crippen LogP contribution in [0, 0.1) is 11.3 Å². The number of carbonyl (C=O) groups is 4. The van der Waals surface area contributed by atoms with Crippen LogP contribution < -0.4 is 30.7 Å². The molecule has 5 heterocycles. The predicted octanol–water partition coefficient (Wildman–Crippen LogP) is 5.36. The standard InChI is InChI=1S/C44H62N8O9S2/c1-26(2)45-42-48-34(25-62-42)33-21-36(30-16-15-28(60-6)19-32(30)46-33)61-29-20-35-38(53)50-44(40(55)56)22-27(44)13-10-8-7-9-11-14-31(39(54)52(35)23-29)47-41(57)49-37(43(3,4)5)24-51-17-12-18-63(51,58)59/h15-16,19,21,25-27,29,31,35,37H,7-14,17-18,20,22-24H2,1-6H3,(H,45,48)(H,50,53)(H,55,56)(H2,47,49,57)/t27?,29-,31+,35+,37?,44-/m1/s1. The fourth-order valence-corrected chi connectivity index (χ4v) is 11.3. The van der Waals surface area contributed by atoms with Crippen LogP contribution in [0.2, 0.25) is 0 Å². The van der Waals surface area contributed by atoms with Crippen molar-refractivity contribution < 1.29 is 42.2 Å². The van der Waals surface area contributed by atoms with E-state index in [2.05, 4.69) is 21.3 Å². The van der Waals surface area contributed by atoms with Crippen molar-refractivity contribution in [3.8, 4) is 22.9 Å². The van der Waals surface area contributed by atoms with Crippen LogP contribution in [0.5, 0.6) is 11.5 Å². The number of hydrogen-bond acceptors (Lipinski definition) is 12. The Kier molecular flexibility index (Phi) is 13.8. The van der Waals surface area contributed by atoms with Crippen LogP contribution in [-0.4, -0.2) is 125 Å². The second-order valence-electron chi connectivity index (χ2n) is 18.8. The number of nitrogens with one attached hydrogen (secondary N) is 4. The van der Waals surface area contributed by atoms with E-state index in [4.69, 9.17) is 19.4 Å². The van der Waals surface area contributed by atoms with Crippen molar-refractivity contribution in [2.75, 3.05) is 37.8 Å². The van der Waals surface area contributed by atoms with Crippen molar-refractivity contribution in [2.24, 2.45) is 11.3 Å². The van der Waals surface area contributed by atoms with Crippen LogP contribution in [0.4, 0.5) is 9.93 Å². The number of hydrogen-bond donors (Lipinski definition) is 5. The third-order valence-corrected chi connectivity index (χ3v) is 15.4. The molecule has 2 unspecified atom stereocenters.